The van der Waals surface area contributed by atoms with Crippen LogP contribution >= 0.6 is 11.6 Å². The molecular formula is C12H8ClN3. The number of pyridine rings is 1. The predicted molar refractivity (Wildman–Crippen MR) is 63.8 cm³/mol. The molecule has 2 aromatic rings. The molecule has 0 fully saturated rings. The molecule has 0 aliphatic heterocycles. The molecule has 0 unspecified atom stereocenters. The summed E-state index contributed by atoms with van der Waals surface area (Å²) in [5.41, 5.74) is 8.05. The Morgan fingerprint density at radius 3 is 2.50 bits per heavy atom. The van der Waals surface area contributed by atoms with Crippen molar-refractivity contribution in [1.82, 2.24) is 4.98 Å². The highest BCUT2D eigenvalue weighted by Crippen LogP contribution is 2.26. The average molecular weight is 230 g/mol. The highest BCUT2D eigenvalue weighted by atomic mass is 35.5. The fraction of sp³-hybridized carbons (Fsp3) is 0. The molecule has 0 aliphatic rings. The van der Waals surface area contributed by atoms with Crippen molar-refractivity contribution in [2.24, 2.45) is 0 Å². The Labute approximate surface area is 98.1 Å². The van der Waals surface area contributed by atoms with Gasteiger partial charge in [-0.1, -0.05) is 23.7 Å². The van der Waals surface area contributed by atoms with Crippen molar-refractivity contribution in [2.45, 2.75) is 0 Å². The summed E-state index contributed by atoms with van der Waals surface area (Å²) in [6.07, 6.45) is 1.58. The number of nitrogen functional groups attached to an aromatic ring is 1. The molecule has 0 radical (unpaired) electrons. The molecule has 2 N–H and O–H groups in total. The number of aromatic nitrogens is 1. The molecule has 78 valence electrons. The SMILES string of the molecule is N#Cc1c(Cl)ccnc1-c1ccc(N)cc1. The van der Waals surface area contributed by atoms with E-state index < -0.39 is 0 Å². The molecule has 1 aromatic heterocycles. The van der Waals surface area contributed by atoms with Crippen molar-refractivity contribution in [3.8, 4) is 17.3 Å². The van der Waals surface area contributed by atoms with Gasteiger partial charge in [-0.25, -0.2) is 0 Å². The zero-order valence-corrected chi connectivity index (χ0v) is 9.07. The summed E-state index contributed by atoms with van der Waals surface area (Å²) in [7, 11) is 0. The summed E-state index contributed by atoms with van der Waals surface area (Å²) >= 11 is 5.92. The first-order valence-corrected chi connectivity index (χ1v) is 5.00. The standard InChI is InChI=1S/C12H8ClN3/c13-11-5-6-16-12(10(11)7-14)8-1-3-9(15)4-2-8/h1-6H,15H2. The van der Waals surface area contributed by atoms with Crippen LogP contribution in [0.4, 0.5) is 5.69 Å². The maximum atomic E-state index is 9.02. The molecule has 2 rings (SSSR count). The number of rotatable bonds is 1. The topological polar surface area (TPSA) is 62.7 Å². The molecule has 0 saturated heterocycles. The first kappa shape index (κ1) is 10.5. The first-order chi connectivity index (χ1) is 7.72. The summed E-state index contributed by atoms with van der Waals surface area (Å²) in [5, 5.41) is 9.42. The van der Waals surface area contributed by atoms with Gasteiger partial charge >= 0.3 is 0 Å². The lowest BCUT2D eigenvalue weighted by molar-refractivity contribution is 1.30. The Morgan fingerprint density at radius 1 is 1.19 bits per heavy atom. The molecule has 16 heavy (non-hydrogen) atoms. The number of nitrogens with two attached hydrogens (primary N) is 1. The number of nitriles is 1. The zero-order valence-electron chi connectivity index (χ0n) is 8.31. The van der Waals surface area contributed by atoms with Crippen molar-refractivity contribution in [3.63, 3.8) is 0 Å². The van der Waals surface area contributed by atoms with E-state index in [2.05, 4.69) is 11.1 Å². The van der Waals surface area contributed by atoms with Crippen molar-refractivity contribution in [3.05, 3.63) is 47.1 Å². The Hall–Kier alpha value is -2.05. The minimum Gasteiger partial charge on any atom is -0.399 e. The second-order valence-electron chi connectivity index (χ2n) is 3.25. The van der Waals surface area contributed by atoms with Gasteiger partial charge in [-0.3, -0.25) is 4.98 Å². The van der Waals surface area contributed by atoms with Gasteiger partial charge in [0, 0.05) is 17.4 Å². The predicted octanol–water partition coefficient (Wildman–Crippen LogP) is 2.86. The number of halogens is 1. The fourth-order valence-corrected chi connectivity index (χ4v) is 1.59. The summed E-state index contributed by atoms with van der Waals surface area (Å²) in [4.78, 5) is 4.16. The van der Waals surface area contributed by atoms with E-state index in [0.717, 1.165) is 5.56 Å². The van der Waals surface area contributed by atoms with E-state index in [0.29, 0.717) is 22.0 Å². The summed E-state index contributed by atoms with van der Waals surface area (Å²) < 4.78 is 0. The van der Waals surface area contributed by atoms with Crippen LogP contribution < -0.4 is 5.73 Å². The van der Waals surface area contributed by atoms with Crippen LogP contribution in [0.2, 0.25) is 5.02 Å². The monoisotopic (exact) mass is 229 g/mol. The van der Waals surface area contributed by atoms with Crippen LogP contribution in [-0.2, 0) is 0 Å². The maximum Gasteiger partial charge on any atom is 0.103 e. The van der Waals surface area contributed by atoms with Crippen molar-refractivity contribution < 1.29 is 0 Å². The van der Waals surface area contributed by atoms with Crippen molar-refractivity contribution >= 4 is 17.3 Å². The minimum absolute atomic E-state index is 0.383. The fourth-order valence-electron chi connectivity index (χ4n) is 1.40. The van der Waals surface area contributed by atoms with Gasteiger partial charge in [0.2, 0.25) is 0 Å². The van der Waals surface area contributed by atoms with Gasteiger partial charge in [0.1, 0.15) is 6.07 Å². The third-order valence-electron chi connectivity index (χ3n) is 2.20. The van der Waals surface area contributed by atoms with Gasteiger partial charge in [0.15, 0.2) is 0 Å². The van der Waals surface area contributed by atoms with Crippen LogP contribution in [0.15, 0.2) is 36.5 Å². The van der Waals surface area contributed by atoms with Gasteiger partial charge in [-0.15, -0.1) is 0 Å². The normalized spacial score (nSPS) is 9.75. The van der Waals surface area contributed by atoms with Crippen LogP contribution in [0.25, 0.3) is 11.3 Å². The van der Waals surface area contributed by atoms with E-state index in [4.69, 9.17) is 22.6 Å². The van der Waals surface area contributed by atoms with Crippen LogP contribution in [0.5, 0.6) is 0 Å². The summed E-state index contributed by atoms with van der Waals surface area (Å²) in [6, 6.07) is 10.8. The number of nitrogens with zero attached hydrogens (tertiary/aromatic N) is 2. The smallest absolute Gasteiger partial charge is 0.103 e. The van der Waals surface area contributed by atoms with E-state index in [-0.39, 0.29) is 0 Å². The lowest BCUT2D eigenvalue weighted by atomic mass is 10.1. The third kappa shape index (κ3) is 1.83. The van der Waals surface area contributed by atoms with Gasteiger partial charge in [0.05, 0.1) is 16.3 Å². The van der Waals surface area contributed by atoms with E-state index in [1.54, 1.807) is 24.4 Å². The van der Waals surface area contributed by atoms with E-state index in [1.165, 1.54) is 0 Å². The second kappa shape index (κ2) is 4.21. The van der Waals surface area contributed by atoms with Crippen LogP contribution in [0.1, 0.15) is 5.56 Å². The van der Waals surface area contributed by atoms with Crippen molar-refractivity contribution in [2.75, 3.05) is 5.73 Å². The number of hydrogen-bond donors (Lipinski definition) is 1. The Bertz CT molecular complexity index is 555. The molecule has 0 atom stereocenters. The molecule has 0 bridgehead atoms. The lowest BCUT2D eigenvalue weighted by Crippen LogP contribution is -1.90. The van der Waals surface area contributed by atoms with Gasteiger partial charge in [0.25, 0.3) is 0 Å². The van der Waals surface area contributed by atoms with Crippen LogP contribution in [0, 0.1) is 11.3 Å². The highest BCUT2D eigenvalue weighted by Gasteiger charge is 2.09. The molecule has 0 saturated carbocycles. The highest BCUT2D eigenvalue weighted by molar-refractivity contribution is 6.32. The quantitative estimate of drug-likeness (QED) is 0.765. The van der Waals surface area contributed by atoms with E-state index in [1.807, 2.05) is 12.1 Å². The second-order valence-corrected chi connectivity index (χ2v) is 3.66. The molecule has 0 spiro atoms. The Balaban J connectivity index is 2.61. The van der Waals surface area contributed by atoms with Gasteiger partial charge in [-0.05, 0) is 18.2 Å². The lowest BCUT2D eigenvalue weighted by Gasteiger charge is -2.04. The van der Waals surface area contributed by atoms with Crippen LogP contribution in [-0.4, -0.2) is 4.98 Å². The molecule has 1 aromatic carbocycles. The van der Waals surface area contributed by atoms with E-state index in [9.17, 15) is 0 Å². The van der Waals surface area contributed by atoms with Crippen LogP contribution in [0.3, 0.4) is 0 Å². The molecule has 3 nitrogen and oxygen atoms in total. The maximum absolute atomic E-state index is 9.02. The number of anilines is 1. The van der Waals surface area contributed by atoms with Gasteiger partial charge in [-0.2, -0.15) is 5.26 Å². The number of benzene rings is 1. The van der Waals surface area contributed by atoms with E-state index >= 15 is 0 Å². The first-order valence-electron chi connectivity index (χ1n) is 4.63. The molecule has 4 heteroatoms. The summed E-state index contributed by atoms with van der Waals surface area (Å²) in [6.45, 7) is 0. The Morgan fingerprint density at radius 2 is 1.88 bits per heavy atom. The molecule has 0 amide bonds. The molecular weight excluding hydrogens is 222 g/mol. The van der Waals surface area contributed by atoms with Crippen molar-refractivity contribution in [1.29, 1.82) is 5.26 Å². The van der Waals surface area contributed by atoms with Gasteiger partial charge < -0.3 is 5.73 Å². The zero-order chi connectivity index (χ0) is 11.5. The summed E-state index contributed by atoms with van der Waals surface area (Å²) in [5.74, 6) is 0. The largest absolute Gasteiger partial charge is 0.399 e. The average Bonchev–Trinajstić information content (AvgIpc) is 2.30. The Kier molecular flexibility index (Phi) is 2.76. The molecule has 1 heterocycles. The minimum atomic E-state index is 0.383. The molecule has 0 aliphatic carbocycles. The third-order valence-corrected chi connectivity index (χ3v) is 2.51. The number of hydrogen-bond acceptors (Lipinski definition) is 3.